The molecule has 27 heavy (non-hydrogen) atoms. The minimum atomic E-state index is -3.97. The predicted octanol–water partition coefficient (Wildman–Crippen LogP) is 2.05. The van der Waals surface area contributed by atoms with Crippen LogP contribution in [0.5, 0.6) is 0 Å². The fourth-order valence-corrected chi connectivity index (χ4v) is 4.71. The third kappa shape index (κ3) is 3.24. The first-order valence-corrected chi connectivity index (χ1v) is 9.85. The number of benzene rings is 1. The van der Waals surface area contributed by atoms with Crippen LogP contribution in [0.25, 0.3) is 0 Å². The number of sulfonamides is 1. The molecule has 0 saturated heterocycles. The fourth-order valence-electron chi connectivity index (χ4n) is 3.03. The Hall–Kier alpha value is -2.65. The molecular formula is C18H18FN3O4S. The van der Waals surface area contributed by atoms with E-state index in [1.54, 1.807) is 19.9 Å². The maximum Gasteiger partial charge on any atom is 0.280 e. The summed E-state index contributed by atoms with van der Waals surface area (Å²) in [6, 6.07) is 6.33. The zero-order chi connectivity index (χ0) is 19.8. The summed E-state index contributed by atoms with van der Waals surface area (Å²) in [5, 5.41) is 0. The molecule has 1 aliphatic heterocycles. The molecule has 0 atom stereocenters. The molecule has 142 valence electrons. The van der Waals surface area contributed by atoms with Gasteiger partial charge in [-0.25, -0.2) is 12.8 Å². The highest BCUT2D eigenvalue weighted by atomic mass is 32.2. The van der Waals surface area contributed by atoms with Crippen molar-refractivity contribution in [2.75, 3.05) is 13.1 Å². The molecule has 2 heterocycles. The zero-order valence-electron chi connectivity index (χ0n) is 14.8. The zero-order valence-corrected chi connectivity index (χ0v) is 15.7. The maximum absolute atomic E-state index is 13.8. The van der Waals surface area contributed by atoms with Crippen LogP contribution in [0.1, 0.15) is 40.3 Å². The number of pyridine rings is 1. The van der Waals surface area contributed by atoms with Gasteiger partial charge in [-0.05, 0) is 29.8 Å². The van der Waals surface area contributed by atoms with Gasteiger partial charge in [0.2, 0.25) is 10.0 Å². The molecule has 0 fully saturated rings. The molecule has 3 rings (SSSR count). The molecule has 9 heteroatoms. The van der Waals surface area contributed by atoms with E-state index in [9.17, 15) is 22.4 Å². The van der Waals surface area contributed by atoms with Crippen molar-refractivity contribution in [2.45, 2.75) is 25.3 Å². The minimum absolute atomic E-state index is 0.0257. The molecule has 7 nitrogen and oxygen atoms in total. The van der Waals surface area contributed by atoms with E-state index in [0.29, 0.717) is 0 Å². The molecule has 2 aromatic rings. The molecule has 1 aliphatic rings. The Balaban J connectivity index is 2.03. The summed E-state index contributed by atoms with van der Waals surface area (Å²) >= 11 is 0. The molecule has 0 N–H and O–H groups in total. The van der Waals surface area contributed by atoms with E-state index in [1.165, 1.54) is 22.6 Å². The number of imide groups is 1. The van der Waals surface area contributed by atoms with Gasteiger partial charge in [-0.15, -0.1) is 0 Å². The predicted molar refractivity (Wildman–Crippen MR) is 94.9 cm³/mol. The second-order valence-corrected chi connectivity index (χ2v) is 7.84. The van der Waals surface area contributed by atoms with Crippen LogP contribution >= 0.6 is 0 Å². The van der Waals surface area contributed by atoms with Crippen LogP contribution in [-0.2, 0) is 16.6 Å². The maximum atomic E-state index is 13.8. The first kappa shape index (κ1) is 19.1. The molecule has 2 amide bonds. The molecule has 1 aromatic heterocycles. The Morgan fingerprint density at radius 1 is 1.11 bits per heavy atom. The average molecular weight is 391 g/mol. The van der Waals surface area contributed by atoms with Gasteiger partial charge in [0.05, 0.1) is 17.0 Å². The highest BCUT2D eigenvalue weighted by Crippen LogP contribution is 2.27. The number of carbonyl (C=O) groups excluding carboxylic acids is 2. The lowest BCUT2D eigenvalue weighted by Gasteiger charge is -2.22. The van der Waals surface area contributed by atoms with Gasteiger partial charge in [0.25, 0.3) is 11.8 Å². The van der Waals surface area contributed by atoms with Crippen LogP contribution in [0.15, 0.2) is 41.4 Å². The Morgan fingerprint density at radius 3 is 2.44 bits per heavy atom. The van der Waals surface area contributed by atoms with E-state index in [-0.39, 0.29) is 41.4 Å². The van der Waals surface area contributed by atoms with Crippen LogP contribution in [-0.4, -0.2) is 47.5 Å². The van der Waals surface area contributed by atoms with Gasteiger partial charge in [-0.3, -0.25) is 19.5 Å². The molecule has 0 bridgehead atoms. The van der Waals surface area contributed by atoms with Crippen molar-refractivity contribution < 1.29 is 22.4 Å². The summed E-state index contributed by atoms with van der Waals surface area (Å²) in [6.07, 6.45) is 1.40. The van der Waals surface area contributed by atoms with E-state index in [4.69, 9.17) is 0 Å². The number of hydrogen-bond donors (Lipinski definition) is 0. The first-order chi connectivity index (χ1) is 12.8. The van der Waals surface area contributed by atoms with Gasteiger partial charge in [0, 0.05) is 19.3 Å². The Labute approximate surface area is 156 Å². The second kappa shape index (κ2) is 7.16. The molecule has 0 unspecified atom stereocenters. The van der Waals surface area contributed by atoms with Crippen LogP contribution < -0.4 is 0 Å². The Kier molecular flexibility index (Phi) is 5.07. The van der Waals surface area contributed by atoms with Crippen molar-refractivity contribution >= 4 is 21.8 Å². The van der Waals surface area contributed by atoms with Crippen molar-refractivity contribution in [3.63, 3.8) is 0 Å². The van der Waals surface area contributed by atoms with E-state index >= 15 is 0 Å². The van der Waals surface area contributed by atoms with Crippen molar-refractivity contribution in [3.05, 3.63) is 59.2 Å². The standard InChI is InChI=1S/C18H18FN3O4S/c1-3-21(4-2)27(25,26)15-10-13(19)8-7-12(15)11-22-17(23)14-6-5-9-20-16(14)18(22)24/h5-10H,3-4,11H2,1-2H3. The lowest BCUT2D eigenvalue weighted by atomic mass is 10.2. The van der Waals surface area contributed by atoms with E-state index in [1.807, 2.05) is 0 Å². The van der Waals surface area contributed by atoms with E-state index in [2.05, 4.69) is 4.98 Å². The number of carbonyl (C=O) groups is 2. The summed E-state index contributed by atoms with van der Waals surface area (Å²) in [5.41, 5.74) is 0.355. The van der Waals surface area contributed by atoms with Crippen molar-refractivity contribution in [1.82, 2.24) is 14.2 Å². The largest absolute Gasteiger partial charge is 0.280 e. The lowest BCUT2D eigenvalue weighted by Crippen LogP contribution is -2.33. The van der Waals surface area contributed by atoms with Crippen LogP contribution in [0.4, 0.5) is 4.39 Å². The van der Waals surface area contributed by atoms with Gasteiger partial charge >= 0.3 is 0 Å². The van der Waals surface area contributed by atoms with Crippen molar-refractivity contribution in [3.8, 4) is 0 Å². The monoisotopic (exact) mass is 391 g/mol. The molecule has 1 aromatic carbocycles. The SMILES string of the molecule is CCN(CC)S(=O)(=O)c1cc(F)ccc1CN1C(=O)c2cccnc2C1=O. The number of rotatable bonds is 6. The Morgan fingerprint density at radius 2 is 1.81 bits per heavy atom. The summed E-state index contributed by atoms with van der Waals surface area (Å²) in [7, 11) is -3.97. The smallest absolute Gasteiger partial charge is 0.268 e. The van der Waals surface area contributed by atoms with E-state index < -0.39 is 27.7 Å². The number of aromatic nitrogens is 1. The van der Waals surface area contributed by atoms with Crippen LogP contribution in [0.3, 0.4) is 0 Å². The number of hydrogen-bond acceptors (Lipinski definition) is 5. The molecule has 0 spiro atoms. The topological polar surface area (TPSA) is 87.7 Å². The van der Waals surface area contributed by atoms with Gasteiger partial charge < -0.3 is 0 Å². The number of nitrogens with zero attached hydrogens (tertiary/aromatic N) is 3. The fraction of sp³-hybridized carbons (Fsp3) is 0.278. The first-order valence-electron chi connectivity index (χ1n) is 8.41. The minimum Gasteiger partial charge on any atom is -0.268 e. The van der Waals surface area contributed by atoms with Gasteiger partial charge in [-0.1, -0.05) is 19.9 Å². The van der Waals surface area contributed by atoms with Crippen molar-refractivity contribution in [1.29, 1.82) is 0 Å². The highest BCUT2D eigenvalue weighted by Gasteiger charge is 2.37. The van der Waals surface area contributed by atoms with Gasteiger partial charge in [-0.2, -0.15) is 4.31 Å². The quantitative estimate of drug-likeness (QED) is 0.704. The third-order valence-electron chi connectivity index (χ3n) is 4.41. The molecule has 0 aliphatic carbocycles. The summed E-state index contributed by atoms with van der Waals surface area (Å²) < 4.78 is 40.7. The third-order valence-corrected chi connectivity index (χ3v) is 6.54. The summed E-state index contributed by atoms with van der Waals surface area (Å²) in [6.45, 7) is 3.49. The summed E-state index contributed by atoms with van der Waals surface area (Å²) in [4.78, 5) is 29.6. The molecule has 0 radical (unpaired) electrons. The van der Waals surface area contributed by atoms with E-state index in [0.717, 1.165) is 17.0 Å². The Bertz CT molecular complexity index is 984. The lowest BCUT2D eigenvalue weighted by molar-refractivity contribution is 0.0639. The number of halogens is 1. The normalized spacial score (nSPS) is 14.1. The van der Waals surface area contributed by atoms with Crippen molar-refractivity contribution in [2.24, 2.45) is 0 Å². The average Bonchev–Trinajstić information content (AvgIpc) is 2.89. The van der Waals surface area contributed by atoms with Gasteiger partial charge in [0.1, 0.15) is 11.5 Å². The molecular weight excluding hydrogens is 373 g/mol. The summed E-state index contributed by atoms with van der Waals surface area (Å²) in [5.74, 6) is -1.88. The number of fused-ring (bicyclic) bond motifs is 1. The number of amides is 2. The van der Waals surface area contributed by atoms with Crippen LogP contribution in [0, 0.1) is 5.82 Å². The van der Waals surface area contributed by atoms with Crippen LogP contribution in [0.2, 0.25) is 0 Å². The van der Waals surface area contributed by atoms with Gasteiger partial charge in [0.15, 0.2) is 0 Å². The second-order valence-electron chi connectivity index (χ2n) is 5.94. The highest BCUT2D eigenvalue weighted by molar-refractivity contribution is 7.89. The molecule has 0 saturated carbocycles.